The van der Waals surface area contributed by atoms with Crippen molar-refractivity contribution in [2.75, 3.05) is 6.54 Å². The molecule has 0 aromatic heterocycles. The lowest BCUT2D eigenvalue weighted by atomic mass is 9.99. The summed E-state index contributed by atoms with van der Waals surface area (Å²) in [7, 11) is 0. The molecule has 26 heavy (non-hydrogen) atoms. The first kappa shape index (κ1) is 19.1. The van der Waals surface area contributed by atoms with Crippen molar-refractivity contribution in [2.45, 2.75) is 26.9 Å². The lowest BCUT2D eigenvalue weighted by Crippen LogP contribution is -2.24. The maximum Gasteiger partial charge on any atom is 0.407 e. The molecule has 0 atom stereocenters. The summed E-state index contributed by atoms with van der Waals surface area (Å²) in [6.07, 6.45) is -0.00712. The predicted octanol–water partition coefficient (Wildman–Crippen LogP) is 3.67. The molecule has 0 heterocycles. The van der Waals surface area contributed by atoms with Crippen LogP contribution in [0.5, 0.6) is 0 Å². The Bertz CT molecular complexity index is 824. The maximum atomic E-state index is 11.6. The average Bonchev–Trinajstić information content (AvgIpc) is 2.59. The van der Waals surface area contributed by atoms with Crippen LogP contribution < -0.4 is 5.32 Å². The van der Waals surface area contributed by atoms with Crippen LogP contribution >= 0.6 is 0 Å². The van der Waals surface area contributed by atoms with E-state index in [4.69, 9.17) is 9.84 Å². The fourth-order valence-electron chi connectivity index (χ4n) is 2.54. The number of hydrogen-bond acceptors (Lipinski definition) is 3. The van der Waals surface area contributed by atoms with Crippen LogP contribution in [0.3, 0.4) is 0 Å². The number of carbonyl (C=O) groups excluding carboxylic acids is 1. The minimum atomic E-state index is -0.933. The molecule has 1 amide bonds. The summed E-state index contributed by atoms with van der Waals surface area (Å²) >= 11 is 0. The third kappa shape index (κ3) is 5.67. The molecule has 0 radical (unpaired) electrons. The van der Waals surface area contributed by atoms with Gasteiger partial charge in [-0.1, -0.05) is 42.2 Å². The zero-order valence-electron chi connectivity index (χ0n) is 14.8. The molecule has 0 saturated heterocycles. The Morgan fingerprint density at radius 1 is 1.12 bits per heavy atom. The zero-order chi connectivity index (χ0) is 18.9. The van der Waals surface area contributed by atoms with E-state index in [-0.39, 0.29) is 6.61 Å². The summed E-state index contributed by atoms with van der Waals surface area (Å²) in [5.74, 6) is 5.02. The molecule has 5 nitrogen and oxygen atoms in total. The van der Waals surface area contributed by atoms with Gasteiger partial charge in [0.05, 0.1) is 5.56 Å². The summed E-state index contributed by atoms with van der Waals surface area (Å²) in [5, 5.41) is 11.8. The molecular weight excluding hydrogens is 330 g/mol. The van der Waals surface area contributed by atoms with Crippen LogP contribution in [0.25, 0.3) is 0 Å². The molecule has 0 fully saturated rings. The number of aromatic carboxylic acids is 1. The monoisotopic (exact) mass is 351 g/mol. The molecule has 2 N–H and O–H groups in total. The highest BCUT2D eigenvalue weighted by molar-refractivity contribution is 5.91. The van der Waals surface area contributed by atoms with Crippen molar-refractivity contribution in [3.63, 3.8) is 0 Å². The second-order valence-corrected chi connectivity index (χ2v) is 5.83. The van der Waals surface area contributed by atoms with Crippen molar-refractivity contribution in [1.82, 2.24) is 5.32 Å². The maximum absolute atomic E-state index is 11.6. The highest BCUT2D eigenvalue weighted by Gasteiger charge is 2.11. The van der Waals surface area contributed by atoms with E-state index in [0.29, 0.717) is 29.7 Å². The van der Waals surface area contributed by atoms with E-state index in [9.17, 15) is 9.59 Å². The smallest absolute Gasteiger partial charge is 0.407 e. The van der Waals surface area contributed by atoms with Crippen LogP contribution in [0.1, 0.15) is 39.0 Å². The molecule has 0 aliphatic rings. The molecule has 0 bridgehead atoms. The molecular formula is C21H21NO4. The van der Waals surface area contributed by atoms with Crippen LogP contribution in [0.4, 0.5) is 4.79 Å². The third-order valence-corrected chi connectivity index (χ3v) is 3.71. The van der Waals surface area contributed by atoms with Gasteiger partial charge in [0.15, 0.2) is 0 Å². The Hall–Kier alpha value is -3.26. The third-order valence-electron chi connectivity index (χ3n) is 3.71. The van der Waals surface area contributed by atoms with Crippen LogP contribution in [-0.4, -0.2) is 23.7 Å². The van der Waals surface area contributed by atoms with Gasteiger partial charge < -0.3 is 15.2 Å². The number of benzene rings is 2. The summed E-state index contributed by atoms with van der Waals surface area (Å²) in [4.78, 5) is 22.8. The predicted molar refractivity (Wildman–Crippen MR) is 99.0 cm³/mol. The van der Waals surface area contributed by atoms with E-state index in [1.165, 1.54) is 0 Å². The molecule has 2 aromatic carbocycles. The number of aryl methyl sites for hydroxylation is 2. The van der Waals surface area contributed by atoms with E-state index in [1.54, 1.807) is 26.0 Å². The topological polar surface area (TPSA) is 75.6 Å². The molecule has 0 saturated carbocycles. The zero-order valence-corrected chi connectivity index (χ0v) is 14.8. The SMILES string of the molecule is Cc1cc(C#CCCNC(=O)OCc2ccccc2)cc(C)c1C(=O)O. The first-order valence-electron chi connectivity index (χ1n) is 8.25. The molecule has 2 rings (SSSR count). The standard InChI is InChI=1S/C21H21NO4/c1-15-12-18(13-16(2)19(15)20(23)24)10-6-7-11-22-21(25)26-14-17-8-4-3-5-9-17/h3-5,8-9,12-13H,7,11,14H2,1-2H3,(H,22,25)(H,23,24). The Balaban J connectivity index is 1.78. The number of carboxylic acids is 1. The van der Waals surface area contributed by atoms with Crippen molar-refractivity contribution >= 4 is 12.1 Å². The van der Waals surface area contributed by atoms with Crippen LogP contribution in [0, 0.1) is 25.7 Å². The van der Waals surface area contributed by atoms with E-state index in [2.05, 4.69) is 17.2 Å². The van der Waals surface area contributed by atoms with Gasteiger partial charge in [-0.15, -0.1) is 0 Å². The number of nitrogens with one attached hydrogen (secondary N) is 1. The fourth-order valence-corrected chi connectivity index (χ4v) is 2.54. The Labute approximate surface area is 153 Å². The van der Waals surface area contributed by atoms with Crippen molar-refractivity contribution in [3.05, 3.63) is 70.3 Å². The second-order valence-electron chi connectivity index (χ2n) is 5.83. The minimum Gasteiger partial charge on any atom is -0.478 e. The van der Waals surface area contributed by atoms with Crippen molar-refractivity contribution < 1.29 is 19.4 Å². The number of carbonyl (C=O) groups is 2. The Morgan fingerprint density at radius 2 is 1.77 bits per heavy atom. The lowest BCUT2D eigenvalue weighted by Gasteiger charge is -2.06. The largest absolute Gasteiger partial charge is 0.478 e. The Kier molecular flexibility index (Phi) is 6.81. The van der Waals surface area contributed by atoms with Gasteiger partial charge in [0, 0.05) is 18.5 Å². The van der Waals surface area contributed by atoms with Gasteiger partial charge in [-0.3, -0.25) is 0 Å². The summed E-state index contributed by atoms with van der Waals surface area (Å²) in [6, 6.07) is 13.0. The van der Waals surface area contributed by atoms with E-state index >= 15 is 0 Å². The molecule has 0 aliphatic heterocycles. The van der Waals surface area contributed by atoms with E-state index < -0.39 is 12.1 Å². The number of alkyl carbamates (subject to hydrolysis) is 1. The van der Waals surface area contributed by atoms with Crippen molar-refractivity contribution in [2.24, 2.45) is 0 Å². The molecule has 0 unspecified atom stereocenters. The fraction of sp³-hybridized carbons (Fsp3) is 0.238. The van der Waals surface area contributed by atoms with E-state index in [1.807, 2.05) is 30.3 Å². The lowest BCUT2D eigenvalue weighted by molar-refractivity contribution is 0.0695. The van der Waals surface area contributed by atoms with E-state index in [0.717, 1.165) is 11.1 Å². The first-order chi connectivity index (χ1) is 12.5. The number of rotatable bonds is 5. The van der Waals surface area contributed by atoms with Crippen LogP contribution in [0.15, 0.2) is 42.5 Å². The highest BCUT2D eigenvalue weighted by atomic mass is 16.5. The second kappa shape index (κ2) is 9.28. The van der Waals surface area contributed by atoms with Gasteiger partial charge in [0.2, 0.25) is 0 Å². The summed E-state index contributed by atoms with van der Waals surface area (Å²) in [5.41, 5.74) is 3.38. The van der Waals surface area contributed by atoms with Gasteiger partial charge in [-0.2, -0.15) is 0 Å². The summed E-state index contributed by atoms with van der Waals surface area (Å²) < 4.78 is 5.11. The molecule has 5 heteroatoms. The first-order valence-corrected chi connectivity index (χ1v) is 8.25. The van der Waals surface area contributed by atoms with Gasteiger partial charge in [0.25, 0.3) is 0 Å². The molecule has 2 aromatic rings. The number of carboxylic acid groups (broad SMARTS) is 1. The number of amides is 1. The van der Waals surface area contributed by atoms with Crippen molar-refractivity contribution in [3.8, 4) is 11.8 Å². The molecule has 0 spiro atoms. The van der Waals surface area contributed by atoms with Crippen LogP contribution in [0.2, 0.25) is 0 Å². The summed E-state index contributed by atoms with van der Waals surface area (Å²) in [6.45, 7) is 4.12. The minimum absolute atomic E-state index is 0.229. The van der Waals surface area contributed by atoms with Gasteiger partial charge in [0.1, 0.15) is 6.61 Å². The highest BCUT2D eigenvalue weighted by Crippen LogP contribution is 2.16. The normalized spacial score (nSPS) is 9.77. The molecule has 0 aliphatic carbocycles. The number of hydrogen-bond donors (Lipinski definition) is 2. The van der Waals surface area contributed by atoms with Gasteiger partial charge in [-0.25, -0.2) is 9.59 Å². The number of ether oxygens (including phenoxy) is 1. The average molecular weight is 351 g/mol. The van der Waals surface area contributed by atoms with Gasteiger partial charge >= 0.3 is 12.1 Å². The molecule has 134 valence electrons. The van der Waals surface area contributed by atoms with Crippen LogP contribution in [-0.2, 0) is 11.3 Å². The quantitative estimate of drug-likeness (QED) is 0.637. The van der Waals surface area contributed by atoms with Gasteiger partial charge in [-0.05, 0) is 42.7 Å². The Morgan fingerprint density at radius 3 is 2.38 bits per heavy atom. The van der Waals surface area contributed by atoms with Crippen molar-refractivity contribution in [1.29, 1.82) is 0 Å².